The van der Waals surface area contributed by atoms with Crippen molar-refractivity contribution in [1.82, 2.24) is 4.90 Å². The number of likely N-dealkylation sites (N-methyl/N-ethyl adjacent to an activating group) is 1. The van der Waals surface area contributed by atoms with Gasteiger partial charge in [0.15, 0.2) is 11.6 Å². The maximum Gasteiger partial charge on any atom is 0.229 e. The Labute approximate surface area is 222 Å². The lowest BCUT2D eigenvalue weighted by Crippen LogP contribution is -2.77. The Bertz CT molecular complexity index is 1220. The van der Waals surface area contributed by atoms with Crippen molar-refractivity contribution in [2.75, 3.05) is 7.05 Å². The maximum atomic E-state index is 14.9. The minimum atomic E-state index is -0.763. The maximum absolute atomic E-state index is 14.9. The van der Waals surface area contributed by atoms with Crippen molar-refractivity contribution in [3.63, 3.8) is 0 Å². The number of likely N-dealkylation sites (tertiary alicyclic amines) is 1. The molecule has 200 valence electrons. The third-order valence-corrected chi connectivity index (χ3v) is 13.9. The molecule has 0 aromatic carbocycles. The minimum absolute atomic E-state index is 0.0409. The van der Waals surface area contributed by atoms with Crippen molar-refractivity contribution in [1.29, 1.82) is 0 Å². The largest absolute Gasteiger partial charge is 0.332 e. The lowest BCUT2D eigenvalue weighted by atomic mass is 9.30. The second-order valence-electron chi connectivity index (χ2n) is 15.8. The van der Waals surface area contributed by atoms with Gasteiger partial charge < -0.3 is 9.69 Å². The van der Waals surface area contributed by atoms with Crippen molar-refractivity contribution in [3.8, 4) is 0 Å². The van der Waals surface area contributed by atoms with Crippen molar-refractivity contribution in [2.45, 2.75) is 105 Å². The number of rotatable bonds is 0. The molecular weight excluding hydrogens is 460 g/mol. The zero-order valence-corrected chi connectivity index (χ0v) is 24.1. The van der Waals surface area contributed by atoms with Gasteiger partial charge in [-0.3, -0.25) is 9.59 Å². The van der Waals surface area contributed by atoms with E-state index < -0.39 is 16.4 Å². The Hall–Kier alpha value is -1.96. The lowest BCUT2D eigenvalue weighted by molar-refractivity contribution is -0.231. The third kappa shape index (κ3) is 2.43. The number of hydrogen-bond donors (Lipinski definition) is 0. The van der Waals surface area contributed by atoms with Crippen molar-refractivity contribution >= 4 is 17.5 Å². The van der Waals surface area contributed by atoms with Crippen LogP contribution < -0.4 is 0 Å². The van der Waals surface area contributed by atoms with Gasteiger partial charge in [0, 0.05) is 30.2 Å². The first-order chi connectivity index (χ1) is 17.0. The van der Waals surface area contributed by atoms with Crippen molar-refractivity contribution in [2.24, 2.45) is 50.2 Å². The molecule has 5 fully saturated rings. The molecule has 0 N–H and O–H groups in total. The quantitative estimate of drug-likeness (QED) is 0.367. The topological polar surface area (TPSA) is 58.8 Å². The second-order valence-corrected chi connectivity index (χ2v) is 15.8. The standard InChI is InChI=1S/C32H44N2O3/c1-26(2)12-14-31-15-13-30(7)29(6)11-10-20-27(3,4)24(36)19(33-8)17-28(20,5)21(29)16-23(35)32(30,22(31)18-26)34(9)25(31)37/h17,20-22H,10-16,18H2,1-7,9H3/t20-,21+,22?,28-,29+,30-,31-,32+/m0/s1. The summed E-state index contributed by atoms with van der Waals surface area (Å²) in [7, 11) is 1.94. The first kappa shape index (κ1) is 25.3. The highest BCUT2D eigenvalue weighted by molar-refractivity contribution is 6.03. The molecule has 1 spiro atoms. The molecule has 8 atom stereocenters. The summed E-state index contributed by atoms with van der Waals surface area (Å²) in [5.74, 6) is 0.611. The molecule has 6 aliphatic rings. The summed E-state index contributed by atoms with van der Waals surface area (Å²) >= 11 is 0. The zero-order chi connectivity index (χ0) is 27.2. The van der Waals surface area contributed by atoms with Crippen LogP contribution in [0.3, 0.4) is 0 Å². The minimum Gasteiger partial charge on any atom is -0.332 e. The van der Waals surface area contributed by atoms with Crippen LogP contribution in [-0.4, -0.2) is 35.0 Å². The Morgan fingerprint density at radius 2 is 1.54 bits per heavy atom. The SMILES string of the molecule is [C-]#[N+]C1=C[C@]2(C)[C@H]3CC(=O)[C@]45C6CC(C)(C)CC[C@@]6(CC[C@@]4(C)[C@]3(C)CC[C@H]2C(C)(C)C1=O)C(=O)N5C. The molecule has 1 aliphatic heterocycles. The van der Waals surface area contributed by atoms with Crippen LogP contribution in [0.4, 0.5) is 0 Å². The van der Waals surface area contributed by atoms with Crippen LogP contribution in [0, 0.1) is 56.8 Å². The molecule has 0 aromatic rings. The van der Waals surface area contributed by atoms with E-state index in [0.29, 0.717) is 6.42 Å². The van der Waals surface area contributed by atoms with Gasteiger partial charge in [0.2, 0.25) is 11.6 Å². The molecule has 5 nitrogen and oxygen atoms in total. The number of nitrogens with zero attached hydrogens (tertiary/aromatic N) is 2. The molecule has 0 aromatic heterocycles. The number of carbonyl (C=O) groups excluding carboxylic acids is 3. The molecule has 0 radical (unpaired) electrons. The molecule has 6 rings (SSSR count). The summed E-state index contributed by atoms with van der Waals surface area (Å²) in [4.78, 5) is 47.9. The van der Waals surface area contributed by atoms with Crippen LogP contribution in [0.25, 0.3) is 4.85 Å². The van der Waals surface area contributed by atoms with Gasteiger partial charge in [-0.15, -0.1) is 0 Å². The summed E-state index contributed by atoms with van der Waals surface area (Å²) in [5.41, 5.74) is -2.36. The molecule has 5 aliphatic carbocycles. The fourth-order valence-electron chi connectivity index (χ4n) is 11.9. The predicted octanol–water partition coefficient (Wildman–Crippen LogP) is 6.23. The number of allylic oxidation sites excluding steroid dienone is 2. The lowest BCUT2D eigenvalue weighted by Gasteiger charge is -2.73. The van der Waals surface area contributed by atoms with Crippen molar-refractivity contribution in [3.05, 3.63) is 23.2 Å². The number of ketones is 2. The highest BCUT2D eigenvalue weighted by atomic mass is 16.2. The fourth-order valence-corrected chi connectivity index (χ4v) is 11.9. The van der Waals surface area contributed by atoms with Crippen LogP contribution in [0.2, 0.25) is 0 Å². The van der Waals surface area contributed by atoms with Crippen molar-refractivity contribution < 1.29 is 14.4 Å². The van der Waals surface area contributed by atoms with E-state index in [0.717, 1.165) is 44.9 Å². The third-order valence-electron chi connectivity index (χ3n) is 13.9. The Balaban J connectivity index is 1.57. The van der Waals surface area contributed by atoms with Gasteiger partial charge in [-0.2, -0.15) is 0 Å². The van der Waals surface area contributed by atoms with Crippen LogP contribution in [-0.2, 0) is 14.4 Å². The van der Waals surface area contributed by atoms with Gasteiger partial charge in [-0.05, 0) is 73.0 Å². The second kappa shape index (κ2) is 6.78. The van der Waals surface area contributed by atoms with Gasteiger partial charge in [0.05, 0.1) is 12.0 Å². The van der Waals surface area contributed by atoms with Crippen LogP contribution in [0.5, 0.6) is 0 Å². The normalized spacial score (nSPS) is 51.3. The van der Waals surface area contributed by atoms with Gasteiger partial charge in [-0.1, -0.05) is 54.5 Å². The summed E-state index contributed by atoms with van der Waals surface area (Å²) in [6, 6.07) is 0. The molecule has 1 unspecified atom stereocenters. The Morgan fingerprint density at radius 1 is 0.892 bits per heavy atom. The van der Waals surface area contributed by atoms with E-state index in [1.54, 1.807) is 0 Å². The molecular formula is C32H44N2O3. The average molecular weight is 505 g/mol. The monoisotopic (exact) mass is 504 g/mol. The highest BCUT2D eigenvalue weighted by Gasteiger charge is 2.83. The first-order valence-corrected chi connectivity index (χ1v) is 14.5. The van der Waals surface area contributed by atoms with Gasteiger partial charge in [0.25, 0.3) is 0 Å². The Kier molecular flexibility index (Phi) is 4.64. The molecule has 1 amide bonds. The summed E-state index contributed by atoms with van der Waals surface area (Å²) in [5, 5.41) is 0. The highest BCUT2D eigenvalue weighted by Crippen LogP contribution is 2.80. The fraction of sp³-hybridized carbons (Fsp3) is 0.812. The van der Waals surface area contributed by atoms with E-state index in [9.17, 15) is 14.4 Å². The molecule has 4 saturated carbocycles. The van der Waals surface area contributed by atoms with E-state index in [-0.39, 0.29) is 62.6 Å². The van der Waals surface area contributed by atoms with E-state index in [1.165, 1.54) is 0 Å². The van der Waals surface area contributed by atoms with E-state index in [2.05, 4.69) is 39.5 Å². The Morgan fingerprint density at radius 3 is 2.19 bits per heavy atom. The predicted molar refractivity (Wildman–Crippen MR) is 142 cm³/mol. The first-order valence-electron chi connectivity index (χ1n) is 14.5. The molecule has 37 heavy (non-hydrogen) atoms. The van der Waals surface area contributed by atoms with E-state index in [4.69, 9.17) is 6.57 Å². The molecule has 1 heterocycles. The van der Waals surface area contributed by atoms with Gasteiger partial charge in [-0.25, -0.2) is 4.85 Å². The summed E-state index contributed by atoms with van der Waals surface area (Å²) < 4.78 is 0. The number of fused-ring (bicyclic) bond motifs is 4. The molecule has 1 saturated heterocycles. The summed E-state index contributed by atoms with van der Waals surface area (Å²) in [6.45, 7) is 23.4. The average Bonchev–Trinajstić information content (AvgIpc) is 2.95. The van der Waals surface area contributed by atoms with Gasteiger partial charge in [0.1, 0.15) is 5.54 Å². The van der Waals surface area contributed by atoms with E-state index >= 15 is 0 Å². The zero-order valence-electron chi connectivity index (χ0n) is 24.1. The van der Waals surface area contributed by atoms with E-state index in [1.807, 2.05) is 31.9 Å². The molecule has 5 heteroatoms. The smallest absolute Gasteiger partial charge is 0.229 e. The van der Waals surface area contributed by atoms with Crippen LogP contribution in [0.1, 0.15) is 99.8 Å². The van der Waals surface area contributed by atoms with Crippen LogP contribution in [0.15, 0.2) is 11.8 Å². The van der Waals surface area contributed by atoms with Gasteiger partial charge >= 0.3 is 0 Å². The number of carbonyl (C=O) groups is 3. The number of amides is 1. The number of Topliss-reactive ketones (excluding diaryl/α,β-unsaturated/α-hetero) is 2. The number of hydrogen-bond acceptors (Lipinski definition) is 3. The summed E-state index contributed by atoms with van der Waals surface area (Å²) in [6.07, 6.45) is 8.87. The van der Waals surface area contributed by atoms with Crippen LogP contribution >= 0.6 is 0 Å². The molecule has 2 bridgehead atoms.